The van der Waals surface area contributed by atoms with Crippen molar-refractivity contribution in [2.75, 3.05) is 5.32 Å². The van der Waals surface area contributed by atoms with Crippen LogP contribution in [-0.2, 0) is 14.6 Å². The molecule has 0 bridgehead atoms. The number of carbonyl (C=O) groups is 1. The molecule has 1 aliphatic rings. The standard InChI is InChI=1S/C15H11FN2O3S/c16-9-4-3-5-10(8-9)18-13-11-6-1-2-7-12(11)22(20,21)14(13)15(17)19/h1-8,18H,(H2,17,19). The summed E-state index contributed by atoms with van der Waals surface area (Å²) in [6.45, 7) is 0. The summed E-state index contributed by atoms with van der Waals surface area (Å²) in [6.07, 6.45) is 0. The molecule has 2 aromatic rings. The molecule has 3 rings (SSSR count). The van der Waals surface area contributed by atoms with Crippen molar-refractivity contribution >= 4 is 27.1 Å². The van der Waals surface area contributed by atoms with Gasteiger partial charge in [0.25, 0.3) is 5.91 Å². The molecule has 0 spiro atoms. The van der Waals surface area contributed by atoms with Gasteiger partial charge in [-0.25, -0.2) is 12.8 Å². The molecule has 112 valence electrons. The summed E-state index contributed by atoms with van der Waals surface area (Å²) in [7, 11) is -3.98. The molecule has 0 atom stereocenters. The van der Waals surface area contributed by atoms with Gasteiger partial charge in [-0.2, -0.15) is 0 Å². The van der Waals surface area contributed by atoms with Crippen molar-refractivity contribution < 1.29 is 17.6 Å². The van der Waals surface area contributed by atoms with Gasteiger partial charge in [-0.3, -0.25) is 4.79 Å². The van der Waals surface area contributed by atoms with Gasteiger partial charge in [-0.1, -0.05) is 24.3 Å². The molecule has 1 amide bonds. The van der Waals surface area contributed by atoms with Crippen LogP contribution < -0.4 is 11.1 Å². The van der Waals surface area contributed by atoms with Crippen molar-refractivity contribution in [1.82, 2.24) is 0 Å². The van der Waals surface area contributed by atoms with E-state index in [4.69, 9.17) is 5.73 Å². The molecule has 0 unspecified atom stereocenters. The van der Waals surface area contributed by atoms with Crippen LogP contribution in [0.25, 0.3) is 5.70 Å². The Bertz CT molecular complexity index is 920. The van der Waals surface area contributed by atoms with Crippen molar-refractivity contribution in [1.29, 1.82) is 0 Å². The Labute approximate surface area is 126 Å². The first-order valence-corrected chi connectivity index (χ1v) is 7.81. The van der Waals surface area contributed by atoms with E-state index >= 15 is 0 Å². The van der Waals surface area contributed by atoms with Gasteiger partial charge in [0.2, 0.25) is 9.84 Å². The highest BCUT2D eigenvalue weighted by atomic mass is 32.2. The van der Waals surface area contributed by atoms with E-state index in [9.17, 15) is 17.6 Å². The van der Waals surface area contributed by atoms with Gasteiger partial charge in [0.15, 0.2) is 4.91 Å². The summed E-state index contributed by atoms with van der Waals surface area (Å²) in [5.41, 5.74) is 5.95. The van der Waals surface area contributed by atoms with Crippen LogP contribution in [0.3, 0.4) is 0 Å². The summed E-state index contributed by atoms with van der Waals surface area (Å²) >= 11 is 0. The van der Waals surface area contributed by atoms with E-state index in [0.717, 1.165) is 0 Å². The van der Waals surface area contributed by atoms with Gasteiger partial charge in [-0.15, -0.1) is 0 Å². The summed E-state index contributed by atoms with van der Waals surface area (Å²) in [6, 6.07) is 11.6. The zero-order valence-electron chi connectivity index (χ0n) is 11.2. The molecule has 0 saturated heterocycles. The maximum Gasteiger partial charge on any atom is 0.262 e. The number of hydrogen-bond acceptors (Lipinski definition) is 4. The summed E-state index contributed by atoms with van der Waals surface area (Å²) in [4.78, 5) is 11.1. The fourth-order valence-electron chi connectivity index (χ4n) is 2.36. The van der Waals surface area contributed by atoms with Crippen LogP contribution in [0.5, 0.6) is 0 Å². The quantitative estimate of drug-likeness (QED) is 0.904. The molecule has 2 aromatic carbocycles. The number of fused-ring (bicyclic) bond motifs is 1. The number of amides is 1. The molecular weight excluding hydrogens is 307 g/mol. The first kappa shape index (κ1) is 14.3. The fraction of sp³-hybridized carbons (Fsp3) is 0. The van der Waals surface area contributed by atoms with E-state index in [1.165, 1.54) is 24.3 Å². The number of sulfone groups is 1. The SMILES string of the molecule is NC(=O)C1=C(Nc2cccc(F)c2)c2ccccc2S1(=O)=O. The summed E-state index contributed by atoms with van der Waals surface area (Å²) in [5, 5.41) is 2.78. The minimum atomic E-state index is -3.98. The molecule has 1 heterocycles. The number of rotatable bonds is 3. The predicted molar refractivity (Wildman–Crippen MR) is 79.8 cm³/mol. The number of primary amides is 1. The normalized spacial score (nSPS) is 15.5. The van der Waals surface area contributed by atoms with Crippen LogP contribution in [0.15, 0.2) is 58.3 Å². The smallest absolute Gasteiger partial charge is 0.262 e. The Morgan fingerprint density at radius 3 is 2.50 bits per heavy atom. The Kier molecular flexibility index (Phi) is 3.22. The van der Waals surface area contributed by atoms with Gasteiger partial charge in [0.05, 0.1) is 10.6 Å². The highest BCUT2D eigenvalue weighted by molar-refractivity contribution is 7.97. The lowest BCUT2D eigenvalue weighted by molar-refractivity contribution is -0.113. The van der Waals surface area contributed by atoms with Crippen LogP contribution in [-0.4, -0.2) is 14.3 Å². The van der Waals surface area contributed by atoms with E-state index in [1.807, 2.05) is 0 Å². The molecule has 7 heteroatoms. The van der Waals surface area contributed by atoms with E-state index in [1.54, 1.807) is 24.3 Å². The average molecular weight is 318 g/mol. The maximum atomic E-state index is 13.3. The maximum absolute atomic E-state index is 13.3. The summed E-state index contributed by atoms with van der Waals surface area (Å²) in [5.74, 6) is -1.55. The van der Waals surface area contributed by atoms with E-state index in [-0.39, 0.29) is 10.6 Å². The second-order valence-electron chi connectivity index (χ2n) is 4.70. The van der Waals surface area contributed by atoms with Gasteiger partial charge in [-0.05, 0) is 24.3 Å². The van der Waals surface area contributed by atoms with Gasteiger partial charge >= 0.3 is 0 Å². The van der Waals surface area contributed by atoms with Crippen LogP contribution >= 0.6 is 0 Å². The number of benzene rings is 2. The third kappa shape index (κ3) is 2.15. The average Bonchev–Trinajstić information content (AvgIpc) is 2.67. The van der Waals surface area contributed by atoms with Gasteiger partial charge in [0, 0.05) is 11.3 Å². The number of carbonyl (C=O) groups excluding carboxylic acids is 1. The molecule has 0 aliphatic carbocycles. The van der Waals surface area contributed by atoms with E-state index < -0.39 is 26.5 Å². The predicted octanol–water partition coefficient (Wildman–Crippen LogP) is 1.88. The van der Waals surface area contributed by atoms with Crippen LogP contribution in [0.2, 0.25) is 0 Å². The molecule has 0 saturated carbocycles. The molecule has 5 nitrogen and oxygen atoms in total. The monoisotopic (exact) mass is 318 g/mol. The number of halogens is 1. The number of hydrogen-bond donors (Lipinski definition) is 2. The van der Waals surface area contributed by atoms with E-state index in [2.05, 4.69) is 5.32 Å². The lowest BCUT2D eigenvalue weighted by Gasteiger charge is -2.09. The van der Waals surface area contributed by atoms with Crippen molar-refractivity contribution in [2.45, 2.75) is 4.90 Å². The lowest BCUT2D eigenvalue weighted by Crippen LogP contribution is -2.20. The first-order valence-electron chi connectivity index (χ1n) is 6.32. The largest absolute Gasteiger partial charge is 0.365 e. The Hall–Kier alpha value is -2.67. The number of anilines is 1. The Balaban J connectivity index is 2.21. The molecular formula is C15H11FN2O3S. The van der Waals surface area contributed by atoms with Crippen molar-refractivity contribution in [3.63, 3.8) is 0 Å². The minimum absolute atomic E-state index is 0.00250. The number of nitrogens with one attached hydrogen (secondary N) is 1. The third-order valence-electron chi connectivity index (χ3n) is 3.26. The molecule has 0 fully saturated rings. The zero-order valence-corrected chi connectivity index (χ0v) is 12.0. The lowest BCUT2D eigenvalue weighted by atomic mass is 10.1. The fourth-order valence-corrected chi connectivity index (χ4v) is 4.00. The van der Waals surface area contributed by atoms with Crippen molar-refractivity contribution in [2.24, 2.45) is 5.73 Å². The minimum Gasteiger partial charge on any atom is -0.365 e. The second-order valence-corrected chi connectivity index (χ2v) is 6.56. The van der Waals surface area contributed by atoms with Crippen LogP contribution in [0, 0.1) is 5.82 Å². The number of nitrogens with two attached hydrogens (primary N) is 1. The highest BCUT2D eigenvalue weighted by Crippen LogP contribution is 2.39. The Morgan fingerprint density at radius 2 is 1.82 bits per heavy atom. The summed E-state index contributed by atoms with van der Waals surface area (Å²) < 4.78 is 38.1. The van der Waals surface area contributed by atoms with Gasteiger partial charge in [0.1, 0.15) is 5.82 Å². The topological polar surface area (TPSA) is 89.3 Å². The van der Waals surface area contributed by atoms with Gasteiger partial charge < -0.3 is 11.1 Å². The highest BCUT2D eigenvalue weighted by Gasteiger charge is 2.38. The Morgan fingerprint density at radius 1 is 1.09 bits per heavy atom. The van der Waals surface area contributed by atoms with Crippen molar-refractivity contribution in [3.8, 4) is 0 Å². The molecule has 3 N–H and O–H groups in total. The van der Waals surface area contributed by atoms with E-state index in [0.29, 0.717) is 11.3 Å². The molecule has 0 aromatic heterocycles. The zero-order chi connectivity index (χ0) is 15.9. The molecule has 0 radical (unpaired) electrons. The van der Waals surface area contributed by atoms with Crippen LogP contribution in [0.1, 0.15) is 5.56 Å². The molecule has 1 aliphatic heterocycles. The van der Waals surface area contributed by atoms with Crippen LogP contribution in [0.4, 0.5) is 10.1 Å². The van der Waals surface area contributed by atoms with Crippen molar-refractivity contribution in [3.05, 3.63) is 64.8 Å². The second kappa shape index (κ2) is 4.96. The molecule has 22 heavy (non-hydrogen) atoms. The first-order chi connectivity index (χ1) is 10.4. The third-order valence-corrected chi connectivity index (χ3v) is 5.14.